The lowest BCUT2D eigenvalue weighted by atomic mass is 10.4. The van der Waals surface area contributed by atoms with E-state index < -0.39 is 5.82 Å². The van der Waals surface area contributed by atoms with Crippen molar-refractivity contribution in [1.29, 1.82) is 0 Å². The van der Waals surface area contributed by atoms with E-state index in [2.05, 4.69) is 15.0 Å². The molecule has 0 saturated heterocycles. The van der Waals surface area contributed by atoms with E-state index in [0.717, 1.165) is 11.8 Å². The second-order valence-electron chi connectivity index (χ2n) is 3.40. The summed E-state index contributed by atoms with van der Waals surface area (Å²) < 4.78 is 13.7. The van der Waals surface area contributed by atoms with Gasteiger partial charge in [-0.25, -0.2) is 19.3 Å². The first-order chi connectivity index (χ1) is 8.49. The maximum Gasteiger partial charge on any atom is 0.179 e. The van der Waals surface area contributed by atoms with Crippen molar-refractivity contribution in [2.24, 2.45) is 0 Å². The molecule has 0 spiro atoms. The van der Waals surface area contributed by atoms with Gasteiger partial charge in [0.15, 0.2) is 22.6 Å². The summed E-state index contributed by atoms with van der Waals surface area (Å²) in [5, 5.41) is 0.605. The molecule has 0 atom stereocenters. The first kappa shape index (κ1) is 12.8. The van der Waals surface area contributed by atoms with Crippen molar-refractivity contribution in [2.75, 3.05) is 11.5 Å². The van der Waals surface area contributed by atoms with E-state index in [-0.39, 0.29) is 21.7 Å². The van der Waals surface area contributed by atoms with Crippen molar-refractivity contribution in [3.8, 4) is 0 Å². The number of aromatic nitrogens is 3. The zero-order chi connectivity index (χ0) is 13.3. The first-order valence-corrected chi connectivity index (χ1v) is 6.06. The van der Waals surface area contributed by atoms with Crippen molar-refractivity contribution in [3.05, 3.63) is 28.9 Å². The van der Waals surface area contributed by atoms with E-state index in [9.17, 15) is 4.39 Å². The third-order valence-corrected chi connectivity index (χ3v) is 3.48. The van der Waals surface area contributed by atoms with Crippen LogP contribution in [0.2, 0.25) is 5.15 Å². The van der Waals surface area contributed by atoms with E-state index >= 15 is 0 Å². The van der Waals surface area contributed by atoms with Crippen molar-refractivity contribution >= 4 is 35.0 Å². The second-order valence-corrected chi connectivity index (χ2v) is 4.79. The van der Waals surface area contributed by atoms with Gasteiger partial charge in [0.1, 0.15) is 5.03 Å². The van der Waals surface area contributed by atoms with Crippen LogP contribution in [0, 0.1) is 12.7 Å². The number of rotatable bonds is 2. The van der Waals surface area contributed by atoms with Gasteiger partial charge in [-0.15, -0.1) is 0 Å². The third-order valence-electron chi connectivity index (χ3n) is 2.09. The van der Waals surface area contributed by atoms with Crippen molar-refractivity contribution < 1.29 is 4.39 Å². The molecular weight excluding hydrogens is 277 g/mol. The molecule has 0 unspecified atom stereocenters. The van der Waals surface area contributed by atoms with Gasteiger partial charge in [-0.1, -0.05) is 23.4 Å². The van der Waals surface area contributed by atoms with Crippen molar-refractivity contribution in [1.82, 2.24) is 15.0 Å². The number of hydrogen-bond acceptors (Lipinski definition) is 6. The molecule has 0 aliphatic rings. The minimum absolute atomic E-state index is 0.144. The molecule has 2 rings (SSSR count). The van der Waals surface area contributed by atoms with Crippen LogP contribution in [0.1, 0.15) is 5.69 Å². The Morgan fingerprint density at radius 1 is 1.28 bits per heavy atom. The Morgan fingerprint density at radius 2 is 2.00 bits per heavy atom. The van der Waals surface area contributed by atoms with Gasteiger partial charge in [-0.05, 0) is 13.0 Å². The smallest absolute Gasteiger partial charge is 0.179 e. The van der Waals surface area contributed by atoms with Crippen LogP contribution in [0.15, 0.2) is 22.2 Å². The molecule has 0 radical (unpaired) electrons. The number of halogens is 2. The highest BCUT2D eigenvalue weighted by atomic mass is 35.5. The van der Waals surface area contributed by atoms with Crippen LogP contribution in [-0.4, -0.2) is 15.0 Å². The maximum absolute atomic E-state index is 13.7. The number of nitrogen functional groups attached to an aromatic ring is 2. The van der Waals surface area contributed by atoms with E-state index in [0.29, 0.717) is 10.7 Å². The fraction of sp³-hybridized carbons (Fsp3) is 0.100. The quantitative estimate of drug-likeness (QED) is 0.880. The number of anilines is 2. The highest BCUT2D eigenvalue weighted by Gasteiger charge is 2.13. The number of nitrogens with two attached hydrogens (primary N) is 2. The van der Waals surface area contributed by atoms with Crippen molar-refractivity contribution in [2.45, 2.75) is 16.8 Å². The van der Waals surface area contributed by atoms with Crippen LogP contribution >= 0.6 is 23.4 Å². The maximum atomic E-state index is 13.7. The Hall–Kier alpha value is -1.60. The zero-order valence-corrected chi connectivity index (χ0v) is 10.9. The average Bonchev–Trinajstić information content (AvgIpc) is 2.32. The van der Waals surface area contributed by atoms with Crippen LogP contribution in [0.5, 0.6) is 0 Å². The molecule has 94 valence electrons. The van der Waals surface area contributed by atoms with Gasteiger partial charge in [0, 0.05) is 6.20 Å². The minimum Gasteiger partial charge on any atom is -0.381 e. The lowest BCUT2D eigenvalue weighted by molar-refractivity contribution is 0.601. The van der Waals surface area contributed by atoms with Gasteiger partial charge < -0.3 is 11.5 Å². The molecule has 5 nitrogen and oxygen atoms in total. The van der Waals surface area contributed by atoms with Gasteiger partial charge in [0.2, 0.25) is 0 Å². The fourth-order valence-corrected chi connectivity index (χ4v) is 2.19. The molecule has 18 heavy (non-hydrogen) atoms. The SMILES string of the molecule is Cc1nc(Sc2ccnc(N)c2F)c(N)nc1Cl. The summed E-state index contributed by atoms with van der Waals surface area (Å²) in [6, 6.07) is 1.49. The molecule has 2 aromatic rings. The largest absolute Gasteiger partial charge is 0.381 e. The van der Waals surface area contributed by atoms with Crippen LogP contribution in [0.25, 0.3) is 0 Å². The van der Waals surface area contributed by atoms with Crippen LogP contribution in [-0.2, 0) is 0 Å². The summed E-state index contributed by atoms with van der Waals surface area (Å²) in [4.78, 5) is 12.0. The Balaban J connectivity index is 2.40. The minimum atomic E-state index is -0.601. The summed E-state index contributed by atoms with van der Waals surface area (Å²) in [7, 11) is 0. The predicted molar refractivity (Wildman–Crippen MR) is 68.9 cm³/mol. The lowest BCUT2D eigenvalue weighted by Crippen LogP contribution is -2.00. The van der Waals surface area contributed by atoms with E-state index in [1.54, 1.807) is 6.92 Å². The molecule has 0 aromatic carbocycles. The monoisotopic (exact) mass is 285 g/mol. The second kappa shape index (κ2) is 4.95. The summed E-state index contributed by atoms with van der Waals surface area (Å²) >= 11 is 6.80. The summed E-state index contributed by atoms with van der Waals surface area (Å²) in [5.41, 5.74) is 11.6. The van der Waals surface area contributed by atoms with Gasteiger partial charge in [0.25, 0.3) is 0 Å². The number of pyridine rings is 1. The zero-order valence-electron chi connectivity index (χ0n) is 9.32. The lowest BCUT2D eigenvalue weighted by Gasteiger charge is -2.07. The standard InChI is InChI=1S/C10H9ClFN5S/c1-4-7(11)17-9(14)10(16-4)18-5-2-3-15-8(13)6(5)12/h2-3H,1H3,(H2,13,15)(H2,14,17). The fourth-order valence-electron chi connectivity index (χ4n) is 1.19. The van der Waals surface area contributed by atoms with E-state index in [1.165, 1.54) is 12.3 Å². The van der Waals surface area contributed by atoms with Crippen LogP contribution in [0.3, 0.4) is 0 Å². The molecule has 8 heteroatoms. The molecule has 0 aliphatic heterocycles. The molecule has 0 saturated carbocycles. The van der Waals surface area contributed by atoms with E-state index in [1.807, 2.05) is 0 Å². The summed E-state index contributed by atoms with van der Waals surface area (Å²) in [6.07, 6.45) is 1.41. The highest BCUT2D eigenvalue weighted by molar-refractivity contribution is 7.99. The number of nitrogens with zero attached hydrogens (tertiary/aromatic N) is 3. The highest BCUT2D eigenvalue weighted by Crippen LogP contribution is 2.33. The van der Waals surface area contributed by atoms with Gasteiger partial charge in [0.05, 0.1) is 10.6 Å². The van der Waals surface area contributed by atoms with Gasteiger partial charge in [-0.2, -0.15) is 0 Å². The Kier molecular flexibility index (Phi) is 3.53. The molecule has 2 heterocycles. The van der Waals surface area contributed by atoms with Crippen molar-refractivity contribution in [3.63, 3.8) is 0 Å². The average molecular weight is 286 g/mol. The number of aryl methyl sites for hydroxylation is 1. The van der Waals surface area contributed by atoms with Crippen LogP contribution in [0.4, 0.5) is 16.0 Å². The van der Waals surface area contributed by atoms with E-state index in [4.69, 9.17) is 23.1 Å². The summed E-state index contributed by atoms with van der Waals surface area (Å²) in [6.45, 7) is 1.69. The molecular formula is C10H9ClFN5S. The van der Waals surface area contributed by atoms with Gasteiger partial charge in [-0.3, -0.25) is 0 Å². The molecule has 0 aliphatic carbocycles. The van der Waals surface area contributed by atoms with Crippen LogP contribution < -0.4 is 11.5 Å². The molecule has 0 bridgehead atoms. The Bertz CT molecular complexity index is 607. The topological polar surface area (TPSA) is 90.7 Å². The summed E-state index contributed by atoms with van der Waals surface area (Å²) in [5.74, 6) is -0.626. The molecule has 0 amide bonds. The molecule has 4 N–H and O–H groups in total. The Labute approximate surface area is 112 Å². The third kappa shape index (κ3) is 2.46. The molecule has 2 aromatic heterocycles. The normalized spacial score (nSPS) is 10.6. The molecule has 0 fully saturated rings. The number of hydrogen-bond donors (Lipinski definition) is 2. The predicted octanol–water partition coefficient (Wildman–Crippen LogP) is 2.29. The first-order valence-electron chi connectivity index (χ1n) is 4.86. The Morgan fingerprint density at radius 3 is 2.72 bits per heavy atom. The van der Waals surface area contributed by atoms with Gasteiger partial charge >= 0.3 is 0 Å².